The number of aliphatic imine (C=N–C) groups is 1. The number of hydrogen-bond acceptors (Lipinski definition) is 2. The van der Waals surface area contributed by atoms with Gasteiger partial charge >= 0.3 is 0 Å². The molecule has 0 spiro atoms. The number of hydrogen-bond donors (Lipinski definition) is 3. The highest BCUT2D eigenvalue weighted by atomic mass is 16.2. The molecule has 1 aliphatic heterocycles. The molecule has 1 aliphatic rings. The molecule has 6 nitrogen and oxygen atoms in total. The minimum Gasteiger partial charge on any atom is -0.361 e. The second-order valence-electron chi connectivity index (χ2n) is 8.40. The molecule has 1 fully saturated rings. The first kappa shape index (κ1) is 21.9. The zero-order valence-electron chi connectivity index (χ0n) is 18.8. The van der Waals surface area contributed by atoms with Gasteiger partial charge in [-0.3, -0.25) is 9.79 Å². The van der Waals surface area contributed by atoms with E-state index >= 15 is 0 Å². The van der Waals surface area contributed by atoms with Gasteiger partial charge in [-0.05, 0) is 37.0 Å². The number of para-hydroxylation sites is 1. The molecule has 1 amide bonds. The Balaban J connectivity index is 1.26. The molecule has 2 heterocycles. The van der Waals surface area contributed by atoms with Gasteiger partial charge in [0.15, 0.2) is 5.96 Å². The number of guanidine groups is 1. The SMILES string of the molecule is CCNC(=NCC1CC(=O)N(CCc2ccccc2)C1)NCCc1c[nH]c2ccccc12. The lowest BCUT2D eigenvalue weighted by Crippen LogP contribution is -2.38. The highest BCUT2D eigenvalue weighted by molar-refractivity contribution is 5.83. The van der Waals surface area contributed by atoms with E-state index in [0.29, 0.717) is 13.0 Å². The number of aromatic nitrogens is 1. The zero-order chi connectivity index (χ0) is 22.2. The number of likely N-dealkylation sites (tertiary alicyclic amines) is 1. The van der Waals surface area contributed by atoms with Gasteiger partial charge in [0, 0.05) is 62.2 Å². The van der Waals surface area contributed by atoms with Gasteiger partial charge in [0.1, 0.15) is 0 Å². The molecule has 0 radical (unpaired) electrons. The molecule has 3 aromatic rings. The van der Waals surface area contributed by atoms with E-state index in [1.54, 1.807) is 0 Å². The lowest BCUT2D eigenvalue weighted by atomic mass is 10.1. The van der Waals surface area contributed by atoms with E-state index in [1.165, 1.54) is 22.0 Å². The topological polar surface area (TPSA) is 72.5 Å². The van der Waals surface area contributed by atoms with Crippen molar-refractivity contribution in [2.75, 3.05) is 32.7 Å². The van der Waals surface area contributed by atoms with Crippen molar-refractivity contribution in [1.82, 2.24) is 20.5 Å². The van der Waals surface area contributed by atoms with Crippen molar-refractivity contribution < 1.29 is 4.79 Å². The van der Waals surface area contributed by atoms with Crippen LogP contribution in [0.15, 0.2) is 65.8 Å². The Morgan fingerprint density at radius 3 is 2.75 bits per heavy atom. The van der Waals surface area contributed by atoms with Crippen LogP contribution in [-0.2, 0) is 17.6 Å². The third kappa shape index (κ3) is 5.69. The number of rotatable bonds is 9. The molecule has 168 valence electrons. The van der Waals surface area contributed by atoms with Crippen LogP contribution in [0.2, 0.25) is 0 Å². The van der Waals surface area contributed by atoms with E-state index in [4.69, 9.17) is 4.99 Å². The van der Waals surface area contributed by atoms with Crippen LogP contribution >= 0.6 is 0 Å². The third-order valence-corrected chi connectivity index (χ3v) is 6.02. The Hall–Kier alpha value is -3.28. The van der Waals surface area contributed by atoms with Gasteiger partial charge in [-0.15, -0.1) is 0 Å². The molecule has 0 saturated carbocycles. The van der Waals surface area contributed by atoms with Gasteiger partial charge in [0.2, 0.25) is 5.91 Å². The van der Waals surface area contributed by atoms with Crippen molar-refractivity contribution in [3.8, 4) is 0 Å². The molecule has 32 heavy (non-hydrogen) atoms. The molecule has 1 saturated heterocycles. The van der Waals surface area contributed by atoms with Crippen LogP contribution in [0.5, 0.6) is 0 Å². The molecule has 1 aromatic heterocycles. The highest BCUT2D eigenvalue weighted by Gasteiger charge is 2.29. The summed E-state index contributed by atoms with van der Waals surface area (Å²) in [4.78, 5) is 22.5. The Morgan fingerprint density at radius 1 is 1.09 bits per heavy atom. The van der Waals surface area contributed by atoms with Gasteiger partial charge < -0.3 is 20.5 Å². The first-order valence-corrected chi connectivity index (χ1v) is 11.6. The van der Waals surface area contributed by atoms with Crippen molar-refractivity contribution in [3.05, 3.63) is 71.9 Å². The maximum atomic E-state index is 12.4. The number of nitrogens with zero attached hydrogens (tertiary/aromatic N) is 2. The first-order chi connectivity index (χ1) is 15.7. The second-order valence-corrected chi connectivity index (χ2v) is 8.40. The highest BCUT2D eigenvalue weighted by Crippen LogP contribution is 2.19. The standard InChI is InChI=1S/C26H33N5O/c1-2-27-26(28-14-12-22-18-29-24-11-7-6-10-23(22)24)30-17-21-16-25(32)31(19-21)15-13-20-8-4-3-5-9-20/h3-11,18,21,29H,2,12-17,19H2,1H3,(H2,27,28,30). The molecule has 1 unspecified atom stereocenters. The van der Waals surface area contributed by atoms with E-state index in [9.17, 15) is 4.79 Å². The van der Waals surface area contributed by atoms with Crippen LogP contribution in [0.4, 0.5) is 0 Å². The van der Waals surface area contributed by atoms with Gasteiger partial charge in [-0.25, -0.2) is 0 Å². The van der Waals surface area contributed by atoms with Crippen molar-refractivity contribution in [3.63, 3.8) is 0 Å². The maximum absolute atomic E-state index is 12.4. The van der Waals surface area contributed by atoms with E-state index in [0.717, 1.165) is 45.0 Å². The third-order valence-electron chi connectivity index (χ3n) is 6.02. The summed E-state index contributed by atoms with van der Waals surface area (Å²) in [6.07, 6.45) is 4.50. The normalized spacial score (nSPS) is 16.7. The number of amides is 1. The van der Waals surface area contributed by atoms with Crippen molar-refractivity contribution in [1.29, 1.82) is 0 Å². The summed E-state index contributed by atoms with van der Waals surface area (Å²) in [5.74, 6) is 1.35. The lowest BCUT2D eigenvalue weighted by molar-refractivity contribution is -0.127. The molecule has 3 N–H and O–H groups in total. The molecule has 1 atom stereocenters. The molecular formula is C26H33N5O. The minimum atomic E-state index is 0.249. The van der Waals surface area contributed by atoms with Crippen molar-refractivity contribution in [2.45, 2.75) is 26.2 Å². The first-order valence-electron chi connectivity index (χ1n) is 11.6. The maximum Gasteiger partial charge on any atom is 0.223 e. The summed E-state index contributed by atoms with van der Waals surface area (Å²) in [5.41, 5.74) is 3.75. The summed E-state index contributed by atoms with van der Waals surface area (Å²) in [6, 6.07) is 18.7. The van der Waals surface area contributed by atoms with Gasteiger partial charge in [0.05, 0.1) is 0 Å². The quantitative estimate of drug-likeness (QED) is 0.359. The summed E-state index contributed by atoms with van der Waals surface area (Å²) in [5, 5.41) is 8.04. The van der Waals surface area contributed by atoms with Crippen LogP contribution in [0.25, 0.3) is 10.9 Å². The fourth-order valence-electron chi connectivity index (χ4n) is 4.32. The van der Waals surface area contributed by atoms with E-state index < -0.39 is 0 Å². The van der Waals surface area contributed by atoms with Crippen molar-refractivity contribution in [2.24, 2.45) is 10.9 Å². The molecule has 4 rings (SSSR count). The number of benzene rings is 2. The monoisotopic (exact) mass is 431 g/mol. The summed E-state index contributed by atoms with van der Waals surface area (Å²) < 4.78 is 0. The average Bonchev–Trinajstić information content (AvgIpc) is 3.40. The van der Waals surface area contributed by atoms with Crippen LogP contribution in [0, 0.1) is 5.92 Å². The predicted octanol–water partition coefficient (Wildman–Crippen LogP) is 3.36. The molecule has 2 aromatic carbocycles. The Labute approximate surface area is 190 Å². The van der Waals surface area contributed by atoms with Crippen LogP contribution < -0.4 is 10.6 Å². The summed E-state index contributed by atoms with van der Waals surface area (Å²) >= 11 is 0. The largest absolute Gasteiger partial charge is 0.361 e. The zero-order valence-corrected chi connectivity index (χ0v) is 18.8. The van der Waals surface area contributed by atoms with E-state index in [-0.39, 0.29) is 11.8 Å². The smallest absolute Gasteiger partial charge is 0.223 e. The molecule has 6 heteroatoms. The minimum absolute atomic E-state index is 0.249. The molecular weight excluding hydrogens is 398 g/mol. The Bertz CT molecular complexity index is 1040. The summed E-state index contributed by atoms with van der Waals surface area (Å²) in [6.45, 7) is 5.93. The number of fused-ring (bicyclic) bond motifs is 1. The number of nitrogens with one attached hydrogen (secondary N) is 3. The van der Waals surface area contributed by atoms with Gasteiger partial charge in [0.25, 0.3) is 0 Å². The van der Waals surface area contributed by atoms with E-state index in [1.807, 2.05) is 29.2 Å². The van der Waals surface area contributed by atoms with Crippen LogP contribution in [0.1, 0.15) is 24.5 Å². The lowest BCUT2D eigenvalue weighted by Gasteiger charge is -2.16. The van der Waals surface area contributed by atoms with Gasteiger partial charge in [-0.2, -0.15) is 0 Å². The number of H-pyrrole nitrogens is 1. The fourth-order valence-corrected chi connectivity index (χ4v) is 4.32. The Kier molecular flexibility index (Phi) is 7.43. The van der Waals surface area contributed by atoms with Gasteiger partial charge in [-0.1, -0.05) is 48.5 Å². The second kappa shape index (κ2) is 10.8. The summed E-state index contributed by atoms with van der Waals surface area (Å²) in [7, 11) is 0. The fraction of sp³-hybridized carbons (Fsp3) is 0.385. The Morgan fingerprint density at radius 2 is 1.91 bits per heavy atom. The molecule has 0 aliphatic carbocycles. The number of carbonyl (C=O) groups excluding carboxylic acids is 1. The van der Waals surface area contributed by atoms with Crippen LogP contribution in [-0.4, -0.2) is 54.5 Å². The van der Waals surface area contributed by atoms with Crippen molar-refractivity contribution >= 4 is 22.8 Å². The van der Waals surface area contributed by atoms with E-state index in [2.05, 4.69) is 59.1 Å². The average molecular weight is 432 g/mol. The number of aromatic amines is 1. The van der Waals surface area contributed by atoms with Crippen LogP contribution in [0.3, 0.4) is 0 Å². The predicted molar refractivity (Wildman–Crippen MR) is 131 cm³/mol. The number of carbonyl (C=O) groups is 1. The molecule has 0 bridgehead atoms.